The lowest BCUT2D eigenvalue weighted by atomic mass is 10.1. The van der Waals surface area contributed by atoms with Crippen molar-refractivity contribution in [2.45, 2.75) is 13.0 Å². The summed E-state index contributed by atoms with van der Waals surface area (Å²) >= 11 is 6.02. The highest BCUT2D eigenvalue weighted by atomic mass is 35.5. The topological polar surface area (TPSA) is 67.2 Å². The number of nitrogens with zero attached hydrogens (tertiary/aromatic N) is 3. The van der Waals surface area contributed by atoms with Crippen LogP contribution in [0, 0.1) is 0 Å². The summed E-state index contributed by atoms with van der Waals surface area (Å²) in [5.74, 6) is 0.491. The molecule has 1 aromatic heterocycles. The molecule has 1 N–H and O–H groups in total. The van der Waals surface area contributed by atoms with Crippen LogP contribution in [-0.2, 0) is 7.05 Å². The van der Waals surface area contributed by atoms with Crippen molar-refractivity contribution in [2.24, 2.45) is 7.05 Å². The number of anilines is 1. The second kappa shape index (κ2) is 7.80. The average molecular weight is 421 g/mol. The molecule has 0 aliphatic rings. The van der Waals surface area contributed by atoms with E-state index in [2.05, 4.69) is 10.3 Å². The molecule has 1 atom stereocenters. The van der Waals surface area contributed by atoms with Gasteiger partial charge in [-0.15, -0.1) is 0 Å². The molecule has 0 aliphatic carbocycles. The maximum Gasteiger partial charge on any atom is 0.322 e. The largest absolute Gasteiger partial charge is 0.322 e. The number of hydrogen-bond acceptors (Lipinski definition) is 3. The number of fused-ring (bicyclic) bond motifs is 2. The van der Waals surface area contributed by atoms with Crippen LogP contribution in [0.3, 0.4) is 0 Å². The minimum atomic E-state index is -0.433. The summed E-state index contributed by atoms with van der Waals surface area (Å²) in [6.45, 7) is 1.84. The van der Waals surface area contributed by atoms with Crippen molar-refractivity contribution in [3.05, 3.63) is 81.9 Å². The first kappa shape index (κ1) is 19.9. The lowest BCUT2D eigenvalue weighted by Gasteiger charge is -2.26. The predicted octanol–water partition coefficient (Wildman–Crippen LogP) is 4.97. The van der Waals surface area contributed by atoms with Crippen LogP contribution in [0.5, 0.6) is 0 Å². The maximum atomic E-state index is 13.0. The fourth-order valence-corrected chi connectivity index (χ4v) is 3.69. The number of nitrogens with one attached hydrogen (secondary N) is 1. The summed E-state index contributed by atoms with van der Waals surface area (Å²) in [7, 11) is 3.33. The smallest absolute Gasteiger partial charge is 0.318 e. The van der Waals surface area contributed by atoms with Crippen LogP contribution < -0.4 is 10.9 Å². The minimum absolute atomic E-state index is 0.202. The Morgan fingerprint density at radius 3 is 2.63 bits per heavy atom. The van der Waals surface area contributed by atoms with E-state index in [9.17, 15) is 9.59 Å². The molecular weight excluding hydrogens is 400 g/mol. The Bertz CT molecular complexity index is 1330. The van der Waals surface area contributed by atoms with Crippen molar-refractivity contribution in [3.8, 4) is 0 Å². The molecule has 7 heteroatoms. The molecule has 0 radical (unpaired) electrons. The Kier molecular flexibility index (Phi) is 5.18. The summed E-state index contributed by atoms with van der Waals surface area (Å²) in [6.07, 6.45) is 0. The zero-order chi connectivity index (χ0) is 21.4. The molecule has 30 heavy (non-hydrogen) atoms. The third-order valence-corrected chi connectivity index (χ3v) is 5.61. The first-order valence-electron chi connectivity index (χ1n) is 9.54. The molecular formula is C23H21ClN4O2. The van der Waals surface area contributed by atoms with E-state index >= 15 is 0 Å². The molecule has 4 aromatic rings. The van der Waals surface area contributed by atoms with Crippen molar-refractivity contribution in [2.75, 3.05) is 12.4 Å². The zero-order valence-electron chi connectivity index (χ0n) is 16.9. The molecule has 3 aromatic carbocycles. The van der Waals surface area contributed by atoms with Gasteiger partial charge in [0.2, 0.25) is 0 Å². The monoisotopic (exact) mass is 420 g/mol. The van der Waals surface area contributed by atoms with Crippen molar-refractivity contribution >= 4 is 45.0 Å². The van der Waals surface area contributed by atoms with Crippen LogP contribution in [0.4, 0.5) is 10.5 Å². The van der Waals surface area contributed by atoms with Gasteiger partial charge in [-0.2, -0.15) is 0 Å². The molecule has 4 rings (SSSR count). The standard InChI is InChI=1S/C23H21ClN4O2/c1-14(21-25-20-12-11-16(24)13-18(20)22(29)28(21)3)27(2)23(30)26-19-10-6-8-15-7-4-5-9-17(15)19/h4-14H,1-3H3,(H,26,30). The van der Waals surface area contributed by atoms with Crippen LogP contribution >= 0.6 is 11.6 Å². The van der Waals surface area contributed by atoms with Gasteiger partial charge in [-0.05, 0) is 36.6 Å². The van der Waals surface area contributed by atoms with Gasteiger partial charge in [0, 0.05) is 24.5 Å². The van der Waals surface area contributed by atoms with Crippen LogP contribution in [0.25, 0.3) is 21.7 Å². The molecule has 152 valence electrons. The fraction of sp³-hybridized carbons (Fsp3) is 0.174. The highest BCUT2D eigenvalue weighted by Gasteiger charge is 2.22. The quantitative estimate of drug-likeness (QED) is 0.509. The SMILES string of the molecule is CC(c1nc2ccc(Cl)cc2c(=O)n1C)N(C)C(=O)Nc1cccc2ccccc12. The van der Waals surface area contributed by atoms with E-state index in [0.717, 1.165) is 16.5 Å². The Hall–Kier alpha value is -3.38. The summed E-state index contributed by atoms with van der Waals surface area (Å²) in [5, 5.41) is 5.90. The van der Waals surface area contributed by atoms with E-state index in [1.807, 2.05) is 49.4 Å². The van der Waals surface area contributed by atoms with Gasteiger partial charge >= 0.3 is 6.03 Å². The number of halogens is 1. The highest BCUT2D eigenvalue weighted by Crippen LogP contribution is 2.25. The van der Waals surface area contributed by atoms with Crippen molar-refractivity contribution < 1.29 is 4.79 Å². The van der Waals surface area contributed by atoms with E-state index < -0.39 is 6.04 Å². The Morgan fingerprint density at radius 2 is 1.83 bits per heavy atom. The number of benzene rings is 3. The fourth-order valence-electron chi connectivity index (χ4n) is 3.52. The molecule has 0 aliphatic heterocycles. The second-order valence-electron chi connectivity index (χ2n) is 7.24. The van der Waals surface area contributed by atoms with E-state index in [1.165, 1.54) is 9.47 Å². The molecule has 0 bridgehead atoms. The second-order valence-corrected chi connectivity index (χ2v) is 7.68. The predicted molar refractivity (Wildman–Crippen MR) is 121 cm³/mol. The lowest BCUT2D eigenvalue weighted by Crippen LogP contribution is -2.37. The summed E-state index contributed by atoms with van der Waals surface area (Å²) in [5.41, 5.74) is 1.08. The van der Waals surface area contributed by atoms with E-state index in [0.29, 0.717) is 21.7 Å². The van der Waals surface area contributed by atoms with Gasteiger partial charge in [-0.3, -0.25) is 9.36 Å². The van der Waals surface area contributed by atoms with E-state index in [-0.39, 0.29) is 11.6 Å². The van der Waals surface area contributed by atoms with Crippen molar-refractivity contribution in [1.29, 1.82) is 0 Å². The Balaban J connectivity index is 1.65. The van der Waals surface area contributed by atoms with Gasteiger partial charge in [-0.1, -0.05) is 48.0 Å². The maximum absolute atomic E-state index is 13.0. The number of amides is 2. The zero-order valence-corrected chi connectivity index (χ0v) is 17.6. The van der Waals surface area contributed by atoms with E-state index in [1.54, 1.807) is 32.3 Å². The number of carbonyl (C=O) groups excluding carboxylic acids is 1. The van der Waals surface area contributed by atoms with Crippen molar-refractivity contribution in [3.63, 3.8) is 0 Å². The van der Waals surface area contributed by atoms with Crippen LogP contribution in [0.2, 0.25) is 5.02 Å². The van der Waals surface area contributed by atoms with Gasteiger partial charge in [0.1, 0.15) is 5.82 Å². The normalized spacial score (nSPS) is 12.1. The van der Waals surface area contributed by atoms with Gasteiger partial charge < -0.3 is 10.2 Å². The first-order chi connectivity index (χ1) is 14.4. The summed E-state index contributed by atoms with van der Waals surface area (Å²) in [6, 6.07) is 17.9. The van der Waals surface area contributed by atoms with Gasteiger partial charge in [-0.25, -0.2) is 9.78 Å². The number of urea groups is 1. The lowest BCUT2D eigenvalue weighted by molar-refractivity contribution is 0.205. The van der Waals surface area contributed by atoms with Crippen LogP contribution in [0.1, 0.15) is 18.8 Å². The molecule has 2 amide bonds. The molecule has 1 unspecified atom stereocenters. The Labute approximate surface area is 178 Å². The molecule has 0 fully saturated rings. The first-order valence-corrected chi connectivity index (χ1v) is 9.92. The van der Waals surface area contributed by atoms with Gasteiger partial charge in [0.25, 0.3) is 5.56 Å². The molecule has 1 heterocycles. The van der Waals surface area contributed by atoms with Gasteiger partial charge in [0.15, 0.2) is 0 Å². The average Bonchev–Trinajstić information content (AvgIpc) is 2.75. The Morgan fingerprint density at radius 1 is 1.10 bits per heavy atom. The third kappa shape index (κ3) is 3.50. The highest BCUT2D eigenvalue weighted by molar-refractivity contribution is 6.31. The summed E-state index contributed by atoms with van der Waals surface area (Å²) in [4.78, 5) is 31.9. The minimum Gasteiger partial charge on any atom is -0.318 e. The third-order valence-electron chi connectivity index (χ3n) is 5.38. The molecule has 0 spiro atoms. The number of aromatic nitrogens is 2. The van der Waals surface area contributed by atoms with Gasteiger partial charge in [0.05, 0.1) is 22.6 Å². The number of rotatable bonds is 3. The van der Waals surface area contributed by atoms with Crippen molar-refractivity contribution in [1.82, 2.24) is 14.5 Å². The molecule has 0 saturated carbocycles. The summed E-state index contributed by atoms with van der Waals surface area (Å²) < 4.78 is 1.46. The number of carbonyl (C=O) groups is 1. The van der Waals surface area contributed by atoms with Crippen LogP contribution in [-0.4, -0.2) is 27.5 Å². The van der Waals surface area contributed by atoms with Crippen LogP contribution in [0.15, 0.2) is 65.5 Å². The molecule has 0 saturated heterocycles. The molecule has 6 nitrogen and oxygen atoms in total. The number of hydrogen-bond donors (Lipinski definition) is 1. The van der Waals surface area contributed by atoms with E-state index in [4.69, 9.17) is 11.6 Å².